The maximum Gasteiger partial charge on any atom is 0.318 e. The zero-order chi connectivity index (χ0) is 36.0. The van der Waals surface area contributed by atoms with Crippen molar-refractivity contribution in [3.8, 4) is 6.01 Å². The van der Waals surface area contributed by atoms with E-state index in [0.29, 0.717) is 73.8 Å². The number of amides is 1. The van der Waals surface area contributed by atoms with Crippen LogP contribution in [-0.4, -0.2) is 91.5 Å². The molecule has 0 spiro atoms. The van der Waals surface area contributed by atoms with Gasteiger partial charge in [0.05, 0.1) is 23.9 Å². The predicted molar refractivity (Wildman–Crippen MR) is 171 cm³/mol. The van der Waals surface area contributed by atoms with Gasteiger partial charge in [0, 0.05) is 63.0 Å². The summed E-state index contributed by atoms with van der Waals surface area (Å²) in [6.07, 6.45) is 2.94. The number of hydrogen-bond acceptors (Lipinski definition) is 7. The van der Waals surface area contributed by atoms with Gasteiger partial charge in [0.1, 0.15) is 17.7 Å². The summed E-state index contributed by atoms with van der Waals surface area (Å²) in [4.78, 5) is 32.2. The molecule has 0 radical (unpaired) electrons. The van der Waals surface area contributed by atoms with Crippen molar-refractivity contribution < 1.29 is 22.1 Å². The van der Waals surface area contributed by atoms with Crippen molar-refractivity contribution in [1.29, 1.82) is 0 Å². The van der Waals surface area contributed by atoms with Gasteiger partial charge in [-0.1, -0.05) is 36.4 Å². The number of nitrogens with zero attached hydrogens (tertiary/aromatic N) is 7. The first kappa shape index (κ1) is 23.4. The molecule has 6 rings (SSSR count). The lowest BCUT2D eigenvalue weighted by molar-refractivity contribution is -0.128. The summed E-state index contributed by atoms with van der Waals surface area (Å²) in [5.74, 6) is -0.147. The fraction of sp³-hybridized carbons (Fsp3) is 0.455. The van der Waals surface area contributed by atoms with Crippen LogP contribution >= 0.6 is 11.6 Å². The fourth-order valence-corrected chi connectivity index (χ4v) is 6.54. The third-order valence-corrected chi connectivity index (χ3v) is 9.15. The Bertz CT molecular complexity index is 1830. The first-order chi connectivity index (χ1) is 23.6. The van der Waals surface area contributed by atoms with Crippen LogP contribution in [0.3, 0.4) is 0 Å². The standard InChI is InChI=1S/C33H37ClFN7O2/c1-5-28(43)42-16-15-41(18-23(42)17-36-2)31-24-11-14-40(27-8-6-7-22-9-10-25(35)30(34)29(22)27)19-26(24)37-32(38-31)44-21-33(12-13-33)20-39(3)4/h5-10,23H,1,11-21H2,3-4H3/t23-/m0/s1/i3D3,4D3. The molecule has 0 N–H and O–H groups in total. The van der Waals surface area contributed by atoms with Gasteiger partial charge in [0.25, 0.3) is 0 Å². The molecular weight excluding hydrogens is 581 g/mol. The van der Waals surface area contributed by atoms with Crippen molar-refractivity contribution in [3.63, 3.8) is 0 Å². The minimum absolute atomic E-state index is 0.0117. The molecular formula is C33H37ClFN7O2. The maximum absolute atomic E-state index is 14.6. The SMILES string of the molecule is [2H]C([2H])([2H])N(CC1(COc2nc3c(c(N4CCN(C(=O)C=C)[C@@H](C[N+]#[C-])C4)n2)CCN(c2cccc4ccc(F)c(Cl)c24)C3)CC1)C([2H])([2H])[2H]. The van der Waals surface area contributed by atoms with Crippen LogP contribution in [0.4, 0.5) is 15.9 Å². The van der Waals surface area contributed by atoms with Crippen LogP contribution in [0.25, 0.3) is 15.6 Å². The number of hydrogen-bond donors (Lipinski definition) is 0. The lowest BCUT2D eigenvalue weighted by atomic mass is 10.0. The van der Waals surface area contributed by atoms with Crippen LogP contribution in [0.15, 0.2) is 43.0 Å². The van der Waals surface area contributed by atoms with E-state index in [0.717, 1.165) is 16.6 Å². The average molecular weight is 624 g/mol. The van der Waals surface area contributed by atoms with Crippen LogP contribution < -0.4 is 14.5 Å². The summed E-state index contributed by atoms with van der Waals surface area (Å²) in [5.41, 5.74) is 1.60. The van der Waals surface area contributed by atoms with Gasteiger partial charge in [-0.3, -0.25) is 4.79 Å². The molecule has 1 amide bonds. The zero-order valence-electron chi connectivity index (χ0n) is 30.2. The topological polar surface area (TPSA) is 69.4 Å². The molecule has 11 heteroatoms. The fourth-order valence-electron chi connectivity index (χ4n) is 6.27. The van der Waals surface area contributed by atoms with Gasteiger partial charge in [0.15, 0.2) is 0 Å². The summed E-state index contributed by atoms with van der Waals surface area (Å²) in [7, 11) is 0. The van der Waals surface area contributed by atoms with Crippen LogP contribution in [0.1, 0.15) is 32.3 Å². The first-order valence-corrected chi connectivity index (χ1v) is 15.0. The van der Waals surface area contributed by atoms with Crippen molar-refractivity contribution in [1.82, 2.24) is 19.8 Å². The molecule has 3 aliphatic rings. The minimum Gasteiger partial charge on any atom is -0.463 e. The van der Waals surface area contributed by atoms with E-state index in [-0.39, 0.29) is 36.6 Å². The molecule has 3 aromatic rings. The van der Waals surface area contributed by atoms with E-state index in [9.17, 15) is 9.18 Å². The number of ether oxygens (including phenoxy) is 1. The van der Waals surface area contributed by atoms with Gasteiger partial charge >= 0.3 is 6.01 Å². The van der Waals surface area contributed by atoms with E-state index in [4.69, 9.17) is 41.1 Å². The molecule has 0 unspecified atom stereocenters. The molecule has 2 aliphatic heterocycles. The average Bonchev–Trinajstić information content (AvgIpc) is 3.86. The van der Waals surface area contributed by atoms with Crippen LogP contribution in [0, 0.1) is 17.8 Å². The van der Waals surface area contributed by atoms with E-state index < -0.39 is 31.2 Å². The maximum atomic E-state index is 14.6. The molecule has 3 heterocycles. The van der Waals surface area contributed by atoms with E-state index in [1.807, 2.05) is 23.1 Å². The Morgan fingerprint density at radius 3 is 2.86 bits per heavy atom. The second-order valence-corrected chi connectivity index (χ2v) is 12.1. The number of piperazine rings is 1. The first-order valence-electron chi connectivity index (χ1n) is 17.6. The van der Waals surface area contributed by atoms with Gasteiger partial charge < -0.3 is 29.2 Å². The summed E-state index contributed by atoms with van der Waals surface area (Å²) in [6, 6.07) is 8.34. The third-order valence-electron chi connectivity index (χ3n) is 8.78. The highest BCUT2D eigenvalue weighted by Gasteiger charge is 2.44. The number of carbonyl (C=O) groups excluding carboxylic acids is 1. The molecule has 9 nitrogen and oxygen atoms in total. The van der Waals surface area contributed by atoms with Gasteiger partial charge in [0.2, 0.25) is 12.5 Å². The molecule has 230 valence electrons. The zero-order valence-corrected chi connectivity index (χ0v) is 25.0. The summed E-state index contributed by atoms with van der Waals surface area (Å²) in [6.45, 7) is 7.41. The molecule has 1 saturated carbocycles. The van der Waals surface area contributed by atoms with Crippen LogP contribution in [0.2, 0.25) is 5.02 Å². The van der Waals surface area contributed by atoms with Crippen molar-refractivity contribution in [2.45, 2.75) is 31.8 Å². The smallest absolute Gasteiger partial charge is 0.318 e. The van der Waals surface area contributed by atoms with Crippen molar-refractivity contribution >= 4 is 39.8 Å². The molecule has 2 fully saturated rings. The van der Waals surface area contributed by atoms with Crippen molar-refractivity contribution in [3.05, 3.63) is 76.5 Å². The molecule has 2 aromatic carbocycles. The number of anilines is 2. The summed E-state index contributed by atoms with van der Waals surface area (Å²) < 4.78 is 67.6. The number of benzene rings is 2. The highest BCUT2D eigenvalue weighted by molar-refractivity contribution is 6.36. The largest absolute Gasteiger partial charge is 0.463 e. The van der Waals surface area contributed by atoms with E-state index in [2.05, 4.69) is 16.3 Å². The number of aromatic nitrogens is 2. The lowest BCUT2D eigenvalue weighted by Gasteiger charge is -2.41. The Hall–Kier alpha value is -3.94. The predicted octanol–water partition coefficient (Wildman–Crippen LogP) is 4.83. The van der Waals surface area contributed by atoms with Crippen LogP contribution in [0.5, 0.6) is 6.01 Å². The number of carbonyl (C=O) groups is 1. The van der Waals surface area contributed by atoms with E-state index >= 15 is 0 Å². The van der Waals surface area contributed by atoms with Gasteiger partial charge in [-0.05, 0) is 56.8 Å². The summed E-state index contributed by atoms with van der Waals surface area (Å²) in [5, 5.41) is 1.42. The third kappa shape index (κ3) is 5.91. The van der Waals surface area contributed by atoms with E-state index in [1.165, 1.54) is 12.1 Å². The van der Waals surface area contributed by atoms with Crippen LogP contribution in [-0.2, 0) is 17.8 Å². The Labute approximate surface area is 271 Å². The van der Waals surface area contributed by atoms with Gasteiger partial charge in [-0.15, -0.1) is 0 Å². The normalized spacial score (nSPS) is 21.7. The Morgan fingerprint density at radius 2 is 2.11 bits per heavy atom. The Kier molecular flexibility index (Phi) is 6.51. The molecule has 1 saturated heterocycles. The minimum atomic E-state index is -2.82. The molecule has 44 heavy (non-hydrogen) atoms. The van der Waals surface area contributed by atoms with Gasteiger partial charge in [-0.25, -0.2) is 11.0 Å². The molecule has 1 atom stereocenters. The molecule has 0 bridgehead atoms. The van der Waals surface area contributed by atoms with E-state index in [1.54, 1.807) is 11.0 Å². The number of fused-ring (bicyclic) bond motifs is 2. The molecule has 1 aromatic heterocycles. The quantitative estimate of drug-likeness (QED) is 0.250. The number of rotatable bonds is 9. The highest BCUT2D eigenvalue weighted by Crippen LogP contribution is 2.46. The highest BCUT2D eigenvalue weighted by atomic mass is 35.5. The number of halogens is 2. The second-order valence-electron chi connectivity index (χ2n) is 11.7. The Balaban J connectivity index is 1.34. The molecule has 1 aliphatic carbocycles. The lowest BCUT2D eigenvalue weighted by Crippen LogP contribution is -2.56. The summed E-state index contributed by atoms with van der Waals surface area (Å²) >= 11 is 6.49. The monoisotopic (exact) mass is 623 g/mol. The Morgan fingerprint density at radius 1 is 1.27 bits per heavy atom. The van der Waals surface area contributed by atoms with Crippen molar-refractivity contribution in [2.75, 3.05) is 69.6 Å². The van der Waals surface area contributed by atoms with Gasteiger partial charge in [-0.2, -0.15) is 9.97 Å². The van der Waals surface area contributed by atoms with Crippen molar-refractivity contribution in [2.24, 2.45) is 5.41 Å². The second kappa shape index (κ2) is 12.2.